The number of ether oxygens (including phenoxy) is 1. The van der Waals surface area contributed by atoms with Crippen molar-refractivity contribution in [3.63, 3.8) is 0 Å². The molecule has 1 aliphatic rings. The van der Waals surface area contributed by atoms with Gasteiger partial charge in [-0.05, 0) is 93.0 Å². The van der Waals surface area contributed by atoms with Crippen molar-refractivity contribution >= 4 is 35.2 Å². The molecule has 6 aromatic carbocycles. The summed E-state index contributed by atoms with van der Waals surface area (Å²) in [5, 5.41) is 9.38. The monoisotopic (exact) mass is 620 g/mol. The van der Waals surface area contributed by atoms with Crippen LogP contribution in [0.25, 0.3) is 22.3 Å². The molecule has 0 radical (unpaired) electrons. The zero-order valence-corrected chi connectivity index (χ0v) is 25.3. The maximum absolute atomic E-state index is 11.4. The van der Waals surface area contributed by atoms with Gasteiger partial charge >= 0.3 is 5.97 Å². The summed E-state index contributed by atoms with van der Waals surface area (Å²) in [5.74, 6) is -0.488. The Labute approximate surface area is 271 Å². The average Bonchev–Trinajstić information content (AvgIpc) is 3.39. The Morgan fingerprint density at radius 3 is 1.45 bits per heavy atom. The maximum Gasteiger partial charge on any atom is 0.335 e. The molecule has 8 heteroatoms. The van der Waals surface area contributed by atoms with E-state index in [4.69, 9.17) is 27.7 Å². The molecule has 8 nitrogen and oxygen atoms in total. The normalized spacial score (nSPS) is 12.2. The summed E-state index contributed by atoms with van der Waals surface area (Å²) in [6, 6.07) is 42.1. The molecule has 9 N–H and O–H groups in total. The van der Waals surface area contributed by atoms with Crippen molar-refractivity contribution in [2.75, 3.05) is 22.9 Å². The van der Waals surface area contributed by atoms with E-state index in [9.17, 15) is 14.7 Å². The smallest absolute Gasteiger partial charge is 0.335 e. The fraction of sp³-hybridized carbons (Fsp3) is 0.0256. The van der Waals surface area contributed by atoms with E-state index in [-0.39, 0.29) is 5.56 Å². The number of nitrogens with two attached hydrogens (primary N) is 4. The van der Waals surface area contributed by atoms with Gasteiger partial charge in [0.25, 0.3) is 6.47 Å². The number of aromatic carboxylic acids is 1. The molecule has 0 atom stereocenters. The molecule has 47 heavy (non-hydrogen) atoms. The van der Waals surface area contributed by atoms with Gasteiger partial charge in [-0.1, -0.05) is 84.9 Å². The van der Waals surface area contributed by atoms with E-state index in [1.807, 2.05) is 72.8 Å². The van der Waals surface area contributed by atoms with Crippen molar-refractivity contribution < 1.29 is 19.4 Å². The van der Waals surface area contributed by atoms with Crippen molar-refractivity contribution in [3.05, 3.63) is 161 Å². The lowest BCUT2D eigenvalue weighted by molar-refractivity contribution is -0.120. The third-order valence-corrected chi connectivity index (χ3v) is 8.50. The summed E-state index contributed by atoms with van der Waals surface area (Å²) < 4.78 is 5.00. The molecule has 0 aromatic heterocycles. The highest BCUT2D eigenvalue weighted by atomic mass is 16.5. The number of benzene rings is 6. The third-order valence-electron chi connectivity index (χ3n) is 8.50. The number of nitrogen functional groups attached to an aromatic ring is 4. The number of anilines is 4. The fourth-order valence-corrected chi connectivity index (χ4v) is 6.23. The quantitative estimate of drug-likeness (QED) is 0.0981. The van der Waals surface area contributed by atoms with Gasteiger partial charge in [-0.25, -0.2) is 4.79 Å². The minimum Gasteiger partial charge on any atom is -0.478 e. The second-order valence-electron chi connectivity index (χ2n) is 11.1. The van der Waals surface area contributed by atoms with Gasteiger partial charge in [0, 0.05) is 0 Å². The van der Waals surface area contributed by atoms with Gasteiger partial charge in [-0.3, -0.25) is 4.79 Å². The Morgan fingerprint density at radius 1 is 0.574 bits per heavy atom. The van der Waals surface area contributed by atoms with Gasteiger partial charge in [0.15, 0.2) is 0 Å². The Hall–Kier alpha value is -6.54. The molecule has 0 saturated carbocycles. The summed E-state index contributed by atoms with van der Waals surface area (Å²) in [5.41, 5.74) is 33.2. The van der Waals surface area contributed by atoms with Crippen LogP contribution >= 0.6 is 0 Å². The predicted octanol–water partition coefficient (Wildman–Crippen LogP) is 6.97. The predicted molar refractivity (Wildman–Crippen MR) is 187 cm³/mol. The molecule has 0 fully saturated rings. The summed E-state index contributed by atoms with van der Waals surface area (Å²) in [7, 11) is 0. The number of rotatable bonds is 6. The van der Waals surface area contributed by atoms with E-state index in [0.717, 1.165) is 44.5 Å². The zero-order chi connectivity index (χ0) is 33.1. The van der Waals surface area contributed by atoms with E-state index >= 15 is 0 Å². The second-order valence-corrected chi connectivity index (χ2v) is 11.1. The Kier molecular flexibility index (Phi) is 8.08. The zero-order valence-electron chi connectivity index (χ0n) is 25.3. The molecule has 0 spiro atoms. The molecule has 7 rings (SSSR count). The minimum atomic E-state index is -0.955. The van der Waals surface area contributed by atoms with Crippen molar-refractivity contribution in [2.45, 2.75) is 5.41 Å². The summed E-state index contributed by atoms with van der Waals surface area (Å²) in [4.78, 5) is 22.2. The van der Waals surface area contributed by atoms with E-state index in [0.29, 0.717) is 35.0 Å². The molecule has 0 aliphatic heterocycles. The van der Waals surface area contributed by atoms with Crippen molar-refractivity contribution in [3.8, 4) is 28.0 Å². The van der Waals surface area contributed by atoms with Crippen LogP contribution in [0.1, 0.15) is 32.6 Å². The number of hydrogen-bond acceptors (Lipinski definition) is 7. The first kappa shape index (κ1) is 30.5. The molecule has 0 amide bonds. The van der Waals surface area contributed by atoms with Crippen LogP contribution in [0.5, 0.6) is 5.75 Å². The molecular weight excluding hydrogens is 588 g/mol. The fourth-order valence-electron chi connectivity index (χ4n) is 6.23. The lowest BCUT2D eigenvalue weighted by atomic mass is 9.67. The van der Waals surface area contributed by atoms with Crippen LogP contribution in [0.15, 0.2) is 133 Å². The number of carboxylic acids is 1. The first-order valence-electron chi connectivity index (χ1n) is 14.8. The standard InChI is InChI=1S/C27H18O4.C12H14N4/c28-17-31-21-15-13-20(14-16-21)27(19-11-9-18(10-12-19)26(29)30)24-7-3-1-5-22(24)23-6-2-4-8-25(23)27;13-9-3-1-7(5-11(9)15)8-2-4-10(14)12(16)6-8/h1-17H,(H,29,30);1-6H,13-16H2. The van der Waals surface area contributed by atoms with E-state index in [1.165, 1.54) is 0 Å². The molecule has 0 unspecified atom stereocenters. The van der Waals surface area contributed by atoms with Crippen LogP contribution < -0.4 is 27.7 Å². The lowest BCUT2D eigenvalue weighted by Gasteiger charge is -2.34. The maximum atomic E-state index is 11.4. The molecule has 1 aliphatic carbocycles. The van der Waals surface area contributed by atoms with Gasteiger partial charge in [0.05, 0.1) is 33.7 Å². The molecule has 0 heterocycles. The Morgan fingerprint density at radius 2 is 1.02 bits per heavy atom. The SMILES string of the molecule is Nc1ccc(-c2ccc(N)c(N)c2)cc1N.O=COc1ccc(C2(c3ccc(C(=O)O)cc3)c3ccccc3-c3ccccc32)cc1. The van der Waals surface area contributed by atoms with Crippen LogP contribution in [0.2, 0.25) is 0 Å². The first-order chi connectivity index (χ1) is 22.7. The van der Waals surface area contributed by atoms with E-state index < -0.39 is 11.4 Å². The van der Waals surface area contributed by atoms with Gasteiger partial charge in [0.2, 0.25) is 0 Å². The number of carbonyl (C=O) groups is 2. The number of carbonyl (C=O) groups excluding carboxylic acids is 1. The lowest BCUT2D eigenvalue weighted by Crippen LogP contribution is -2.28. The molecule has 232 valence electrons. The number of hydrogen-bond donors (Lipinski definition) is 5. The highest BCUT2D eigenvalue weighted by Gasteiger charge is 2.45. The van der Waals surface area contributed by atoms with Crippen LogP contribution in [0.3, 0.4) is 0 Å². The number of fused-ring (bicyclic) bond motifs is 3. The minimum absolute atomic E-state index is 0.244. The summed E-state index contributed by atoms with van der Waals surface area (Å²) in [6.45, 7) is 0.412. The Balaban J connectivity index is 0.000000203. The molecule has 6 aromatic rings. The van der Waals surface area contributed by atoms with Gasteiger partial charge in [-0.15, -0.1) is 0 Å². The Bertz CT molecular complexity index is 2010. The highest BCUT2D eigenvalue weighted by molar-refractivity contribution is 5.89. The topological polar surface area (TPSA) is 168 Å². The summed E-state index contributed by atoms with van der Waals surface area (Å²) in [6.07, 6.45) is 0. The van der Waals surface area contributed by atoms with Crippen LogP contribution in [0, 0.1) is 0 Å². The molecule has 0 saturated heterocycles. The first-order valence-corrected chi connectivity index (χ1v) is 14.8. The van der Waals surface area contributed by atoms with Gasteiger partial charge in [-0.2, -0.15) is 0 Å². The summed E-state index contributed by atoms with van der Waals surface area (Å²) >= 11 is 0. The van der Waals surface area contributed by atoms with Gasteiger partial charge in [0.1, 0.15) is 5.75 Å². The largest absolute Gasteiger partial charge is 0.478 e. The average molecular weight is 621 g/mol. The molecule has 0 bridgehead atoms. The highest BCUT2D eigenvalue weighted by Crippen LogP contribution is 2.56. The number of carboxylic acid groups (broad SMARTS) is 1. The van der Waals surface area contributed by atoms with E-state index in [1.54, 1.807) is 36.4 Å². The molecular formula is C39H32N4O4. The van der Waals surface area contributed by atoms with Crippen molar-refractivity contribution in [1.82, 2.24) is 0 Å². The van der Waals surface area contributed by atoms with Crippen molar-refractivity contribution in [1.29, 1.82) is 0 Å². The second kappa shape index (κ2) is 12.5. The van der Waals surface area contributed by atoms with E-state index in [2.05, 4.69) is 24.3 Å². The van der Waals surface area contributed by atoms with Crippen LogP contribution in [-0.4, -0.2) is 17.5 Å². The third kappa shape index (κ3) is 5.49. The van der Waals surface area contributed by atoms with Crippen LogP contribution in [0.4, 0.5) is 22.7 Å². The van der Waals surface area contributed by atoms with Crippen molar-refractivity contribution in [2.24, 2.45) is 0 Å². The van der Waals surface area contributed by atoms with Gasteiger partial charge < -0.3 is 32.8 Å². The van der Waals surface area contributed by atoms with Crippen LogP contribution in [-0.2, 0) is 10.2 Å².